The van der Waals surface area contributed by atoms with E-state index in [4.69, 9.17) is 9.47 Å². The van der Waals surface area contributed by atoms with Crippen molar-refractivity contribution in [1.29, 1.82) is 0 Å². The lowest BCUT2D eigenvalue weighted by Gasteiger charge is -2.38. The highest BCUT2D eigenvalue weighted by Crippen LogP contribution is 2.24. The Morgan fingerprint density at radius 1 is 1.19 bits per heavy atom. The molecule has 1 fully saturated rings. The van der Waals surface area contributed by atoms with Crippen LogP contribution in [0.4, 0.5) is 5.69 Å². The van der Waals surface area contributed by atoms with Crippen molar-refractivity contribution in [3.63, 3.8) is 0 Å². The van der Waals surface area contributed by atoms with Crippen molar-refractivity contribution in [1.82, 2.24) is 0 Å². The van der Waals surface area contributed by atoms with E-state index in [1.807, 2.05) is 0 Å². The van der Waals surface area contributed by atoms with Crippen molar-refractivity contribution >= 4 is 11.7 Å². The van der Waals surface area contributed by atoms with E-state index >= 15 is 0 Å². The van der Waals surface area contributed by atoms with Crippen molar-refractivity contribution in [3.05, 3.63) is 29.8 Å². The number of aliphatic hydroxyl groups excluding tert-OH is 3. The second-order valence-corrected chi connectivity index (χ2v) is 4.88. The van der Waals surface area contributed by atoms with Gasteiger partial charge in [-0.15, -0.1) is 0 Å². The molecule has 5 atom stereocenters. The van der Waals surface area contributed by atoms with Gasteiger partial charge in [0, 0.05) is 12.7 Å². The number of rotatable bonds is 3. The van der Waals surface area contributed by atoms with E-state index in [0.717, 1.165) is 0 Å². The number of hydrogen-bond acceptors (Lipinski definition) is 7. The van der Waals surface area contributed by atoms with Gasteiger partial charge in [-0.25, -0.2) is 4.79 Å². The average Bonchev–Trinajstić information content (AvgIpc) is 2.50. The summed E-state index contributed by atoms with van der Waals surface area (Å²) in [4.78, 5) is 12.1. The second-order valence-electron chi connectivity index (χ2n) is 4.88. The van der Waals surface area contributed by atoms with Crippen LogP contribution >= 0.6 is 0 Å². The minimum Gasteiger partial charge on any atom is -0.429 e. The Hall–Kier alpha value is -1.67. The monoisotopic (exact) mass is 297 g/mol. The molecule has 1 saturated heterocycles. The summed E-state index contributed by atoms with van der Waals surface area (Å²) in [6.45, 7) is 1.52. The molecule has 0 unspecified atom stereocenters. The van der Waals surface area contributed by atoms with Gasteiger partial charge >= 0.3 is 5.97 Å². The number of anilines is 1. The smallest absolute Gasteiger partial charge is 0.342 e. The third-order valence-electron chi connectivity index (χ3n) is 3.45. The fourth-order valence-corrected chi connectivity index (χ4v) is 2.16. The average molecular weight is 297 g/mol. The largest absolute Gasteiger partial charge is 0.429 e. The lowest BCUT2D eigenvalue weighted by molar-refractivity contribution is -0.276. The van der Waals surface area contributed by atoms with Gasteiger partial charge in [0.25, 0.3) is 0 Å². The van der Waals surface area contributed by atoms with Gasteiger partial charge in [0.2, 0.25) is 6.29 Å². The van der Waals surface area contributed by atoms with Gasteiger partial charge in [0.1, 0.15) is 18.3 Å². The van der Waals surface area contributed by atoms with Gasteiger partial charge in [-0.1, -0.05) is 12.1 Å². The van der Waals surface area contributed by atoms with E-state index < -0.39 is 36.7 Å². The highest BCUT2D eigenvalue weighted by molar-refractivity contribution is 5.95. The molecule has 7 nitrogen and oxygen atoms in total. The van der Waals surface area contributed by atoms with Crippen LogP contribution in [-0.4, -0.2) is 59.0 Å². The third-order valence-corrected chi connectivity index (χ3v) is 3.45. The summed E-state index contributed by atoms with van der Waals surface area (Å²) in [6.07, 6.45) is -6.29. The Bertz CT molecular complexity index is 508. The molecule has 0 saturated carbocycles. The summed E-state index contributed by atoms with van der Waals surface area (Å²) < 4.78 is 10.3. The van der Waals surface area contributed by atoms with Gasteiger partial charge in [-0.05, 0) is 19.1 Å². The van der Waals surface area contributed by atoms with Crippen LogP contribution in [0.2, 0.25) is 0 Å². The number of nitrogens with one attached hydrogen (secondary N) is 1. The molecule has 116 valence electrons. The summed E-state index contributed by atoms with van der Waals surface area (Å²) in [5.41, 5.74) is 0.852. The summed E-state index contributed by atoms with van der Waals surface area (Å²) in [5, 5.41) is 31.9. The standard InChI is InChI=1S/C14H19NO6/c1-7-10(16)11(17)12(18)14(20-7)21-13(19)8-5-3-4-6-9(8)15-2/h3-7,10-12,14-18H,1-2H3/t7-,10+,11+,12+,14+/m1/s1. The van der Waals surface area contributed by atoms with Gasteiger partial charge < -0.3 is 30.1 Å². The normalized spacial score (nSPS) is 32.5. The molecule has 1 heterocycles. The fourth-order valence-electron chi connectivity index (χ4n) is 2.16. The zero-order valence-electron chi connectivity index (χ0n) is 11.8. The molecule has 0 spiro atoms. The van der Waals surface area contributed by atoms with Crippen LogP contribution in [0.15, 0.2) is 24.3 Å². The number of aliphatic hydroxyl groups is 3. The Morgan fingerprint density at radius 3 is 2.52 bits per heavy atom. The molecule has 1 aromatic carbocycles. The van der Waals surface area contributed by atoms with Crippen molar-refractivity contribution in [2.75, 3.05) is 12.4 Å². The first-order chi connectivity index (χ1) is 9.95. The molecule has 1 aliphatic heterocycles. The van der Waals surface area contributed by atoms with Gasteiger partial charge in [-0.3, -0.25) is 0 Å². The van der Waals surface area contributed by atoms with Crippen molar-refractivity contribution in [2.45, 2.75) is 37.6 Å². The summed E-state index contributed by atoms with van der Waals surface area (Å²) >= 11 is 0. The fraction of sp³-hybridized carbons (Fsp3) is 0.500. The van der Waals surface area contributed by atoms with Crippen LogP contribution in [-0.2, 0) is 9.47 Å². The molecule has 1 aromatic rings. The predicted molar refractivity (Wildman–Crippen MR) is 73.8 cm³/mol. The number of carbonyl (C=O) groups excluding carboxylic acids is 1. The van der Waals surface area contributed by atoms with E-state index in [0.29, 0.717) is 5.69 Å². The number of esters is 1. The lowest BCUT2D eigenvalue weighted by atomic mass is 10.00. The molecule has 0 aromatic heterocycles. The van der Waals surface area contributed by atoms with Crippen LogP contribution in [0.1, 0.15) is 17.3 Å². The molecule has 0 amide bonds. The first kappa shape index (κ1) is 15.7. The van der Waals surface area contributed by atoms with Crippen LogP contribution < -0.4 is 5.32 Å². The molecule has 7 heteroatoms. The SMILES string of the molecule is CNc1ccccc1C(=O)O[C@@H]1O[C@H](C)[C@H](O)[C@H](O)[C@@H]1O. The molecule has 1 aliphatic rings. The van der Waals surface area contributed by atoms with E-state index in [9.17, 15) is 20.1 Å². The van der Waals surface area contributed by atoms with E-state index in [1.165, 1.54) is 6.92 Å². The quantitative estimate of drug-likeness (QED) is 0.568. The van der Waals surface area contributed by atoms with Crippen LogP contribution in [0, 0.1) is 0 Å². The van der Waals surface area contributed by atoms with Crippen molar-refractivity contribution in [2.24, 2.45) is 0 Å². The minimum atomic E-state index is -1.51. The lowest BCUT2D eigenvalue weighted by Crippen LogP contribution is -2.57. The van der Waals surface area contributed by atoms with Gasteiger partial charge in [0.05, 0.1) is 11.7 Å². The maximum Gasteiger partial charge on any atom is 0.342 e. The number of carbonyl (C=O) groups is 1. The summed E-state index contributed by atoms with van der Waals surface area (Å²) in [5.74, 6) is -0.695. The van der Waals surface area contributed by atoms with Crippen molar-refractivity contribution in [3.8, 4) is 0 Å². The molecule has 4 N–H and O–H groups in total. The zero-order valence-corrected chi connectivity index (χ0v) is 11.8. The predicted octanol–water partition coefficient (Wildman–Crippen LogP) is -0.287. The van der Waals surface area contributed by atoms with E-state index in [-0.39, 0.29) is 5.56 Å². The number of benzene rings is 1. The molecule has 0 bridgehead atoms. The van der Waals surface area contributed by atoms with Gasteiger partial charge in [0.15, 0.2) is 0 Å². The Balaban J connectivity index is 2.12. The first-order valence-corrected chi connectivity index (χ1v) is 6.63. The van der Waals surface area contributed by atoms with E-state index in [1.54, 1.807) is 31.3 Å². The first-order valence-electron chi connectivity index (χ1n) is 6.63. The van der Waals surface area contributed by atoms with Gasteiger partial charge in [-0.2, -0.15) is 0 Å². The maximum absolute atomic E-state index is 12.1. The molecule has 2 rings (SSSR count). The minimum absolute atomic E-state index is 0.282. The summed E-state index contributed by atoms with van der Waals surface area (Å²) in [7, 11) is 1.67. The molecule has 0 radical (unpaired) electrons. The molecule has 0 aliphatic carbocycles. The molecule has 21 heavy (non-hydrogen) atoms. The highest BCUT2D eigenvalue weighted by Gasteiger charge is 2.43. The van der Waals surface area contributed by atoms with Crippen LogP contribution in [0.25, 0.3) is 0 Å². The Labute approximate surface area is 122 Å². The van der Waals surface area contributed by atoms with E-state index in [2.05, 4.69) is 5.32 Å². The van der Waals surface area contributed by atoms with Crippen molar-refractivity contribution < 1.29 is 29.6 Å². The summed E-state index contributed by atoms with van der Waals surface area (Å²) in [6, 6.07) is 6.71. The number of ether oxygens (including phenoxy) is 2. The van der Waals surface area contributed by atoms with Crippen LogP contribution in [0.3, 0.4) is 0 Å². The molecular formula is C14H19NO6. The zero-order chi connectivity index (χ0) is 15.6. The molecular weight excluding hydrogens is 278 g/mol. The topological polar surface area (TPSA) is 108 Å². The third kappa shape index (κ3) is 3.16. The number of para-hydroxylation sites is 1. The van der Waals surface area contributed by atoms with Crippen LogP contribution in [0.5, 0.6) is 0 Å². The Morgan fingerprint density at radius 2 is 1.86 bits per heavy atom. The maximum atomic E-state index is 12.1. The Kier molecular flexibility index (Phi) is 4.79. The highest BCUT2D eigenvalue weighted by atomic mass is 16.7. The second kappa shape index (κ2) is 6.40. The number of hydrogen-bond donors (Lipinski definition) is 4.